The Kier molecular flexibility index (Phi) is 14.7. The van der Waals surface area contributed by atoms with Gasteiger partial charge < -0.3 is 0 Å². The Bertz CT molecular complexity index is 124. The molecule has 0 unspecified atom stereocenters. The Labute approximate surface area is 95.3 Å². The number of nitrogens with zero attached hydrogens (tertiary/aromatic N) is 1. The third-order valence-electron chi connectivity index (χ3n) is 2.10. The second-order valence-corrected chi connectivity index (χ2v) is 3.40. The summed E-state index contributed by atoms with van der Waals surface area (Å²) in [5.41, 5.74) is 0. The highest BCUT2D eigenvalue weighted by Crippen LogP contribution is 2.01. The molecule has 0 aromatic rings. The van der Waals surface area contributed by atoms with Crippen LogP contribution in [0.3, 0.4) is 0 Å². The summed E-state index contributed by atoms with van der Waals surface area (Å²) in [6, 6.07) is 0. The smallest absolute Gasteiger partial charge is 0.0163 e. The first-order chi connectivity index (χ1) is 6.35. The van der Waals surface area contributed by atoms with Crippen molar-refractivity contribution in [2.24, 2.45) is 0 Å². The normalized spacial score (nSPS) is 9.57. The van der Waals surface area contributed by atoms with Crippen molar-refractivity contribution in [1.29, 1.82) is 0 Å². The molecule has 0 saturated carbocycles. The number of hydrogen-bond donors (Lipinski definition) is 0. The lowest BCUT2D eigenvalue weighted by atomic mass is 10.2. The average molecular weight is 218 g/mol. The fraction of sp³-hybridized carbons (Fsp3) is 0.667. The van der Waals surface area contributed by atoms with E-state index in [-0.39, 0.29) is 12.4 Å². The van der Waals surface area contributed by atoms with E-state index in [1.165, 1.54) is 32.2 Å². The van der Waals surface area contributed by atoms with E-state index in [0.717, 1.165) is 13.1 Å². The Morgan fingerprint density at radius 1 is 1.00 bits per heavy atom. The van der Waals surface area contributed by atoms with Crippen LogP contribution in [0.25, 0.3) is 0 Å². The first-order valence-corrected chi connectivity index (χ1v) is 5.29. The van der Waals surface area contributed by atoms with Crippen molar-refractivity contribution < 1.29 is 0 Å². The van der Waals surface area contributed by atoms with Crippen molar-refractivity contribution >= 4 is 12.4 Å². The summed E-state index contributed by atoms with van der Waals surface area (Å²) in [6.07, 6.45) is 9.24. The van der Waals surface area contributed by atoms with Crippen molar-refractivity contribution in [3.63, 3.8) is 0 Å². The molecule has 0 saturated heterocycles. The van der Waals surface area contributed by atoms with Crippen molar-refractivity contribution in [3.05, 3.63) is 25.3 Å². The standard InChI is InChI=1S/C12H23N.ClH/c1-4-7-8-9-12-13(10-5-2)11-6-3;/h5-6H,2-4,7-12H2,1H3;1H. The molecule has 0 radical (unpaired) electrons. The molecule has 0 aromatic heterocycles. The molecule has 0 fully saturated rings. The first kappa shape index (κ1) is 16.2. The highest BCUT2D eigenvalue weighted by atomic mass is 35.5. The molecule has 0 rings (SSSR count). The maximum Gasteiger partial charge on any atom is 0.0163 e. The second-order valence-electron chi connectivity index (χ2n) is 3.40. The van der Waals surface area contributed by atoms with E-state index >= 15 is 0 Å². The molecule has 0 aliphatic carbocycles. The number of hydrogen-bond acceptors (Lipinski definition) is 1. The molecule has 0 N–H and O–H groups in total. The van der Waals surface area contributed by atoms with Gasteiger partial charge in [-0.1, -0.05) is 38.3 Å². The van der Waals surface area contributed by atoms with Crippen molar-refractivity contribution in [2.45, 2.75) is 32.6 Å². The van der Waals surface area contributed by atoms with E-state index in [2.05, 4.69) is 25.0 Å². The molecule has 0 aliphatic rings. The van der Waals surface area contributed by atoms with Gasteiger partial charge >= 0.3 is 0 Å². The summed E-state index contributed by atoms with van der Waals surface area (Å²) in [6.45, 7) is 12.9. The maximum atomic E-state index is 3.75. The monoisotopic (exact) mass is 217 g/mol. The molecular weight excluding hydrogens is 194 g/mol. The molecule has 14 heavy (non-hydrogen) atoms. The zero-order valence-corrected chi connectivity index (χ0v) is 10.2. The summed E-state index contributed by atoms with van der Waals surface area (Å²) in [5.74, 6) is 0. The lowest BCUT2D eigenvalue weighted by Gasteiger charge is -2.18. The van der Waals surface area contributed by atoms with Crippen LogP contribution in [0.1, 0.15) is 32.6 Å². The molecule has 2 heteroatoms. The van der Waals surface area contributed by atoms with Crippen LogP contribution >= 0.6 is 12.4 Å². The number of halogens is 1. The third-order valence-corrected chi connectivity index (χ3v) is 2.10. The highest BCUT2D eigenvalue weighted by molar-refractivity contribution is 5.85. The lowest BCUT2D eigenvalue weighted by molar-refractivity contribution is 0.325. The summed E-state index contributed by atoms with van der Waals surface area (Å²) in [7, 11) is 0. The van der Waals surface area contributed by atoms with E-state index in [0.29, 0.717) is 0 Å². The van der Waals surface area contributed by atoms with Crippen LogP contribution in [-0.2, 0) is 0 Å². The van der Waals surface area contributed by atoms with Gasteiger partial charge in [0.25, 0.3) is 0 Å². The zero-order valence-electron chi connectivity index (χ0n) is 9.37. The summed E-state index contributed by atoms with van der Waals surface area (Å²) >= 11 is 0. The van der Waals surface area contributed by atoms with E-state index in [9.17, 15) is 0 Å². The van der Waals surface area contributed by atoms with Gasteiger partial charge in [-0.25, -0.2) is 0 Å². The van der Waals surface area contributed by atoms with E-state index in [4.69, 9.17) is 0 Å². The van der Waals surface area contributed by atoms with Crippen LogP contribution in [0.2, 0.25) is 0 Å². The van der Waals surface area contributed by atoms with Crippen molar-refractivity contribution in [2.75, 3.05) is 19.6 Å². The van der Waals surface area contributed by atoms with Gasteiger partial charge in [-0.3, -0.25) is 4.90 Å². The molecule has 1 nitrogen and oxygen atoms in total. The lowest BCUT2D eigenvalue weighted by Crippen LogP contribution is -2.24. The molecule has 0 aromatic carbocycles. The number of rotatable bonds is 9. The van der Waals surface area contributed by atoms with Gasteiger partial charge in [0.2, 0.25) is 0 Å². The van der Waals surface area contributed by atoms with Gasteiger partial charge in [-0.05, 0) is 13.0 Å². The fourth-order valence-electron chi connectivity index (χ4n) is 1.38. The highest BCUT2D eigenvalue weighted by Gasteiger charge is 1.98. The molecule has 0 bridgehead atoms. The van der Waals surface area contributed by atoms with Gasteiger partial charge in [0.05, 0.1) is 0 Å². The first-order valence-electron chi connectivity index (χ1n) is 5.29. The summed E-state index contributed by atoms with van der Waals surface area (Å²) < 4.78 is 0. The molecule has 84 valence electrons. The van der Waals surface area contributed by atoms with E-state index in [1.54, 1.807) is 0 Å². The van der Waals surface area contributed by atoms with Crippen LogP contribution in [0, 0.1) is 0 Å². The molecule has 0 amide bonds. The Hall–Kier alpha value is -0.270. The summed E-state index contributed by atoms with van der Waals surface area (Å²) in [5, 5.41) is 0. The third kappa shape index (κ3) is 9.82. The van der Waals surface area contributed by atoms with Crippen LogP contribution in [0.15, 0.2) is 25.3 Å². The Morgan fingerprint density at radius 2 is 1.57 bits per heavy atom. The maximum absolute atomic E-state index is 3.75. The topological polar surface area (TPSA) is 3.24 Å². The van der Waals surface area contributed by atoms with Gasteiger partial charge in [0.15, 0.2) is 0 Å². The van der Waals surface area contributed by atoms with Crippen molar-refractivity contribution in [1.82, 2.24) is 4.90 Å². The Balaban J connectivity index is 0. The fourth-order valence-corrected chi connectivity index (χ4v) is 1.38. The van der Waals surface area contributed by atoms with Gasteiger partial charge in [0, 0.05) is 13.1 Å². The summed E-state index contributed by atoms with van der Waals surface area (Å²) in [4.78, 5) is 2.37. The van der Waals surface area contributed by atoms with Crippen LogP contribution < -0.4 is 0 Å². The van der Waals surface area contributed by atoms with Crippen LogP contribution in [0.4, 0.5) is 0 Å². The van der Waals surface area contributed by atoms with Gasteiger partial charge in [-0.15, -0.1) is 25.6 Å². The van der Waals surface area contributed by atoms with E-state index < -0.39 is 0 Å². The molecule has 0 aliphatic heterocycles. The second kappa shape index (κ2) is 12.7. The van der Waals surface area contributed by atoms with E-state index in [1.807, 2.05) is 12.2 Å². The van der Waals surface area contributed by atoms with Gasteiger partial charge in [0.1, 0.15) is 0 Å². The molecule has 0 heterocycles. The zero-order chi connectivity index (χ0) is 9.94. The minimum absolute atomic E-state index is 0. The minimum Gasteiger partial charge on any atom is -0.296 e. The molecule has 0 atom stereocenters. The van der Waals surface area contributed by atoms with Gasteiger partial charge in [-0.2, -0.15) is 0 Å². The van der Waals surface area contributed by atoms with Crippen LogP contribution in [-0.4, -0.2) is 24.5 Å². The largest absolute Gasteiger partial charge is 0.296 e. The van der Waals surface area contributed by atoms with Crippen LogP contribution in [0.5, 0.6) is 0 Å². The molecule has 0 spiro atoms. The average Bonchev–Trinajstić information content (AvgIpc) is 2.13. The SMILES string of the molecule is C=CCN(CC=C)CCCCCC.Cl. The quantitative estimate of drug-likeness (QED) is 0.421. The minimum atomic E-state index is 0. The Morgan fingerprint density at radius 3 is 2.00 bits per heavy atom. The molecular formula is C12H24ClN. The number of unbranched alkanes of at least 4 members (excludes halogenated alkanes) is 3. The predicted octanol–water partition coefficient (Wildman–Crippen LogP) is 3.66. The van der Waals surface area contributed by atoms with Crippen molar-refractivity contribution in [3.8, 4) is 0 Å². The predicted molar refractivity (Wildman–Crippen MR) is 68.2 cm³/mol.